The Morgan fingerprint density at radius 3 is 2.68 bits per heavy atom. The lowest BCUT2D eigenvalue weighted by Gasteiger charge is -2.36. The van der Waals surface area contributed by atoms with Crippen molar-refractivity contribution >= 4 is 23.1 Å². The van der Waals surface area contributed by atoms with E-state index in [4.69, 9.17) is 5.73 Å². The SMILES string of the molecule is Nc1cccc2c1CC(N1CCC(=O)CC1)C(=O)N2. The number of piperidine rings is 1. The standard InChI is InChI=1S/C14H17N3O2/c15-11-2-1-3-12-10(11)8-13(14(19)16-12)17-6-4-9(18)5-7-17/h1-3,13H,4-8,15H2,(H,16,19). The van der Waals surface area contributed by atoms with E-state index in [-0.39, 0.29) is 17.7 Å². The molecule has 1 aromatic carbocycles. The van der Waals surface area contributed by atoms with Crippen molar-refractivity contribution in [1.29, 1.82) is 0 Å². The van der Waals surface area contributed by atoms with Crippen molar-refractivity contribution in [2.75, 3.05) is 24.1 Å². The zero-order chi connectivity index (χ0) is 13.4. The molecule has 5 heteroatoms. The van der Waals surface area contributed by atoms with Crippen LogP contribution in [0.25, 0.3) is 0 Å². The molecule has 0 spiro atoms. The van der Waals surface area contributed by atoms with E-state index in [0.717, 1.165) is 16.9 Å². The third-order valence-electron chi connectivity index (χ3n) is 3.97. The molecule has 1 fully saturated rings. The average molecular weight is 259 g/mol. The van der Waals surface area contributed by atoms with Gasteiger partial charge in [0.2, 0.25) is 5.91 Å². The van der Waals surface area contributed by atoms with Crippen LogP contribution in [-0.4, -0.2) is 35.7 Å². The average Bonchev–Trinajstić information content (AvgIpc) is 2.40. The number of Topliss-reactive ketones (excluding diaryl/α,β-unsaturated/α-hetero) is 1. The monoisotopic (exact) mass is 259 g/mol. The number of fused-ring (bicyclic) bond motifs is 1. The van der Waals surface area contributed by atoms with Gasteiger partial charge in [0.05, 0.1) is 6.04 Å². The van der Waals surface area contributed by atoms with E-state index < -0.39 is 0 Å². The molecule has 0 radical (unpaired) electrons. The first-order chi connectivity index (χ1) is 9.15. The van der Waals surface area contributed by atoms with Crippen molar-refractivity contribution in [2.45, 2.75) is 25.3 Å². The van der Waals surface area contributed by atoms with Crippen molar-refractivity contribution < 1.29 is 9.59 Å². The fourth-order valence-electron chi connectivity index (χ4n) is 2.83. The van der Waals surface area contributed by atoms with E-state index in [1.165, 1.54) is 0 Å². The fourth-order valence-corrected chi connectivity index (χ4v) is 2.83. The number of carbonyl (C=O) groups excluding carboxylic acids is 2. The number of hydrogen-bond acceptors (Lipinski definition) is 4. The number of carbonyl (C=O) groups is 2. The molecule has 2 aliphatic heterocycles. The Hall–Kier alpha value is -1.88. The summed E-state index contributed by atoms with van der Waals surface area (Å²) < 4.78 is 0. The molecule has 1 unspecified atom stereocenters. The third kappa shape index (κ3) is 2.21. The predicted octanol–water partition coefficient (Wildman–Crippen LogP) is 0.797. The summed E-state index contributed by atoms with van der Waals surface area (Å²) >= 11 is 0. The number of rotatable bonds is 1. The van der Waals surface area contributed by atoms with Gasteiger partial charge >= 0.3 is 0 Å². The predicted molar refractivity (Wildman–Crippen MR) is 72.8 cm³/mol. The van der Waals surface area contributed by atoms with Crippen LogP contribution in [0.4, 0.5) is 11.4 Å². The number of ketones is 1. The Kier molecular flexibility index (Phi) is 2.98. The number of nitrogens with zero attached hydrogens (tertiary/aromatic N) is 1. The molecule has 1 amide bonds. The van der Waals surface area contributed by atoms with E-state index in [0.29, 0.717) is 32.4 Å². The summed E-state index contributed by atoms with van der Waals surface area (Å²) in [6.07, 6.45) is 1.71. The first-order valence-corrected chi connectivity index (χ1v) is 6.59. The van der Waals surface area contributed by atoms with Crippen molar-refractivity contribution in [2.24, 2.45) is 0 Å². The van der Waals surface area contributed by atoms with Crippen molar-refractivity contribution in [3.8, 4) is 0 Å². The minimum absolute atomic E-state index is 0.00690. The van der Waals surface area contributed by atoms with Crippen LogP contribution >= 0.6 is 0 Å². The maximum absolute atomic E-state index is 12.2. The second-order valence-electron chi connectivity index (χ2n) is 5.16. The van der Waals surface area contributed by atoms with Gasteiger partial charge in [-0.1, -0.05) is 6.07 Å². The van der Waals surface area contributed by atoms with Crippen LogP contribution in [0.15, 0.2) is 18.2 Å². The molecule has 1 saturated heterocycles. The third-order valence-corrected chi connectivity index (χ3v) is 3.97. The van der Waals surface area contributed by atoms with Gasteiger partial charge in [-0.2, -0.15) is 0 Å². The Labute approximate surface area is 111 Å². The van der Waals surface area contributed by atoms with Crippen molar-refractivity contribution in [3.05, 3.63) is 23.8 Å². The quantitative estimate of drug-likeness (QED) is 0.731. The van der Waals surface area contributed by atoms with Gasteiger partial charge in [-0.25, -0.2) is 0 Å². The van der Waals surface area contributed by atoms with Crippen molar-refractivity contribution in [3.63, 3.8) is 0 Å². The Morgan fingerprint density at radius 2 is 1.95 bits per heavy atom. The van der Waals surface area contributed by atoms with Gasteiger partial charge in [0.1, 0.15) is 5.78 Å². The fraction of sp³-hybridized carbons (Fsp3) is 0.429. The molecule has 2 aliphatic rings. The second kappa shape index (κ2) is 4.66. The number of nitrogens with two attached hydrogens (primary N) is 1. The number of amides is 1. The van der Waals surface area contributed by atoms with Crippen LogP contribution in [0.3, 0.4) is 0 Å². The Bertz CT molecular complexity index is 531. The second-order valence-corrected chi connectivity index (χ2v) is 5.16. The summed E-state index contributed by atoms with van der Waals surface area (Å²) in [6, 6.07) is 5.37. The minimum atomic E-state index is -0.203. The van der Waals surface area contributed by atoms with Gasteiger partial charge in [-0.15, -0.1) is 0 Å². The highest BCUT2D eigenvalue weighted by Crippen LogP contribution is 2.29. The Morgan fingerprint density at radius 1 is 1.21 bits per heavy atom. The highest BCUT2D eigenvalue weighted by atomic mass is 16.2. The summed E-state index contributed by atoms with van der Waals surface area (Å²) in [4.78, 5) is 25.5. The molecule has 19 heavy (non-hydrogen) atoms. The van der Waals surface area contributed by atoms with Gasteiger partial charge in [-0.05, 0) is 12.1 Å². The van der Waals surface area contributed by atoms with Gasteiger partial charge in [0.15, 0.2) is 0 Å². The van der Waals surface area contributed by atoms with Gasteiger partial charge in [-0.3, -0.25) is 14.5 Å². The lowest BCUT2D eigenvalue weighted by Crippen LogP contribution is -2.51. The summed E-state index contributed by atoms with van der Waals surface area (Å²) in [5.41, 5.74) is 8.51. The van der Waals surface area contributed by atoms with E-state index in [1.807, 2.05) is 18.2 Å². The first kappa shape index (κ1) is 12.2. The first-order valence-electron chi connectivity index (χ1n) is 6.59. The lowest BCUT2D eigenvalue weighted by molar-refractivity contribution is -0.127. The number of likely N-dealkylation sites (tertiary alicyclic amines) is 1. The molecule has 3 rings (SSSR count). The maximum atomic E-state index is 12.2. The zero-order valence-corrected chi connectivity index (χ0v) is 10.7. The number of hydrogen-bond donors (Lipinski definition) is 2. The van der Waals surface area contributed by atoms with Crippen LogP contribution in [-0.2, 0) is 16.0 Å². The van der Waals surface area contributed by atoms with Crippen LogP contribution in [0.1, 0.15) is 18.4 Å². The van der Waals surface area contributed by atoms with Gasteiger partial charge in [0, 0.05) is 49.3 Å². The molecule has 0 aromatic heterocycles. The topological polar surface area (TPSA) is 75.4 Å². The zero-order valence-electron chi connectivity index (χ0n) is 10.7. The molecule has 0 aliphatic carbocycles. The summed E-state index contributed by atoms with van der Waals surface area (Å²) in [6.45, 7) is 1.33. The number of benzene rings is 1. The molecule has 100 valence electrons. The number of nitrogens with one attached hydrogen (secondary N) is 1. The largest absolute Gasteiger partial charge is 0.398 e. The summed E-state index contributed by atoms with van der Waals surface area (Å²) in [5.74, 6) is 0.292. The molecule has 5 nitrogen and oxygen atoms in total. The number of anilines is 2. The van der Waals surface area contributed by atoms with Gasteiger partial charge in [0.25, 0.3) is 0 Å². The molecule has 0 saturated carbocycles. The lowest BCUT2D eigenvalue weighted by atomic mass is 9.94. The molecule has 0 bridgehead atoms. The van der Waals surface area contributed by atoms with Crippen molar-refractivity contribution in [1.82, 2.24) is 4.90 Å². The minimum Gasteiger partial charge on any atom is -0.398 e. The molecular weight excluding hydrogens is 242 g/mol. The molecular formula is C14H17N3O2. The van der Waals surface area contributed by atoms with Crippen LogP contribution in [0.2, 0.25) is 0 Å². The number of nitrogen functional groups attached to an aromatic ring is 1. The normalized spacial score (nSPS) is 23.9. The smallest absolute Gasteiger partial charge is 0.242 e. The Balaban J connectivity index is 1.83. The summed E-state index contributed by atoms with van der Waals surface area (Å²) in [5, 5.41) is 2.91. The van der Waals surface area contributed by atoms with Crippen LogP contribution in [0, 0.1) is 0 Å². The molecule has 3 N–H and O–H groups in total. The van der Waals surface area contributed by atoms with E-state index >= 15 is 0 Å². The van der Waals surface area contributed by atoms with E-state index in [2.05, 4.69) is 10.2 Å². The van der Waals surface area contributed by atoms with E-state index in [1.54, 1.807) is 0 Å². The maximum Gasteiger partial charge on any atom is 0.242 e. The van der Waals surface area contributed by atoms with Gasteiger partial charge < -0.3 is 11.1 Å². The molecule has 2 heterocycles. The van der Waals surface area contributed by atoms with Crippen LogP contribution in [0.5, 0.6) is 0 Å². The molecule has 1 aromatic rings. The summed E-state index contributed by atoms with van der Waals surface area (Å²) in [7, 11) is 0. The molecule has 1 atom stereocenters. The highest BCUT2D eigenvalue weighted by Gasteiger charge is 2.33. The highest BCUT2D eigenvalue weighted by molar-refractivity contribution is 5.99. The van der Waals surface area contributed by atoms with E-state index in [9.17, 15) is 9.59 Å². The van der Waals surface area contributed by atoms with Crippen LogP contribution < -0.4 is 11.1 Å².